The maximum atomic E-state index is 5.96. The second-order valence-electron chi connectivity index (χ2n) is 4.75. The molecular formula is C16H13N3O2. The van der Waals surface area contributed by atoms with Gasteiger partial charge in [0.05, 0.1) is 12.7 Å². The Hall–Kier alpha value is -2.82. The summed E-state index contributed by atoms with van der Waals surface area (Å²) >= 11 is 0. The summed E-state index contributed by atoms with van der Waals surface area (Å²) in [7, 11) is 1.60. The van der Waals surface area contributed by atoms with Crippen LogP contribution in [0.3, 0.4) is 0 Å². The summed E-state index contributed by atoms with van der Waals surface area (Å²) in [6, 6.07) is 9.98. The third-order valence-electron chi connectivity index (χ3n) is 3.54. The number of methoxy groups -OCH3 is 1. The molecule has 4 rings (SSSR count). The molecule has 0 radical (unpaired) electrons. The number of nitrogens with zero attached hydrogens (tertiary/aromatic N) is 2. The van der Waals surface area contributed by atoms with Crippen LogP contribution in [0, 0.1) is 0 Å². The molecule has 0 spiro atoms. The second kappa shape index (κ2) is 4.63. The Bertz CT molecular complexity index is 819. The van der Waals surface area contributed by atoms with E-state index in [1.807, 2.05) is 30.3 Å². The minimum absolute atomic E-state index is 0.541. The van der Waals surface area contributed by atoms with E-state index in [1.54, 1.807) is 7.11 Å². The molecule has 0 aliphatic carbocycles. The third-order valence-corrected chi connectivity index (χ3v) is 3.54. The minimum atomic E-state index is 0.541. The normalized spacial score (nSPS) is 13.5. The summed E-state index contributed by atoms with van der Waals surface area (Å²) in [6.07, 6.45) is 3.55. The smallest absolute Gasteiger partial charge is 0.226 e. The summed E-state index contributed by atoms with van der Waals surface area (Å²) in [6.45, 7) is 0.694. The molecule has 0 atom stereocenters. The summed E-state index contributed by atoms with van der Waals surface area (Å²) < 4.78 is 11.3. The van der Waals surface area contributed by atoms with Gasteiger partial charge in [-0.25, -0.2) is 9.97 Å². The van der Waals surface area contributed by atoms with Crippen LogP contribution in [0.2, 0.25) is 0 Å². The van der Waals surface area contributed by atoms with Gasteiger partial charge < -0.3 is 14.5 Å². The van der Waals surface area contributed by atoms with Crippen LogP contribution in [-0.4, -0.2) is 23.6 Å². The lowest BCUT2D eigenvalue weighted by atomic mass is 10.0. The lowest BCUT2D eigenvalue weighted by Crippen LogP contribution is -2.12. The van der Waals surface area contributed by atoms with E-state index in [-0.39, 0.29) is 0 Å². The van der Waals surface area contributed by atoms with Gasteiger partial charge in [0.1, 0.15) is 23.5 Å². The molecule has 1 aliphatic rings. The summed E-state index contributed by atoms with van der Waals surface area (Å²) in [5.74, 6) is 2.10. The Morgan fingerprint density at radius 3 is 3.00 bits per heavy atom. The van der Waals surface area contributed by atoms with Gasteiger partial charge in [-0.05, 0) is 12.1 Å². The molecule has 3 aromatic rings. The first kappa shape index (κ1) is 12.0. The highest BCUT2D eigenvalue weighted by atomic mass is 16.5. The minimum Gasteiger partial charge on any atom is -0.480 e. The van der Waals surface area contributed by atoms with Crippen LogP contribution in [0.1, 0.15) is 11.3 Å². The zero-order valence-corrected chi connectivity index (χ0v) is 11.5. The molecule has 5 heteroatoms. The highest BCUT2D eigenvalue weighted by Crippen LogP contribution is 2.38. The van der Waals surface area contributed by atoms with Gasteiger partial charge in [0.15, 0.2) is 0 Å². The van der Waals surface area contributed by atoms with Crippen LogP contribution in [-0.2, 0) is 0 Å². The van der Waals surface area contributed by atoms with Crippen molar-refractivity contribution in [2.75, 3.05) is 19.0 Å². The zero-order chi connectivity index (χ0) is 14.2. The lowest BCUT2D eigenvalue weighted by Gasteiger charge is -2.18. The second-order valence-corrected chi connectivity index (χ2v) is 4.75. The highest BCUT2D eigenvalue weighted by molar-refractivity contribution is 5.91. The van der Waals surface area contributed by atoms with Crippen molar-refractivity contribution >= 4 is 22.4 Å². The predicted octanol–water partition coefficient (Wildman–Crippen LogP) is 3.09. The molecule has 0 unspecified atom stereocenters. The number of hydrogen-bond acceptors (Lipinski definition) is 5. The molecule has 21 heavy (non-hydrogen) atoms. The van der Waals surface area contributed by atoms with Crippen molar-refractivity contribution in [3.8, 4) is 5.88 Å². The first-order chi connectivity index (χ1) is 10.4. The van der Waals surface area contributed by atoms with Crippen molar-refractivity contribution < 1.29 is 9.15 Å². The van der Waals surface area contributed by atoms with Gasteiger partial charge in [0.2, 0.25) is 5.88 Å². The first-order valence-corrected chi connectivity index (χ1v) is 6.69. The molecule has 1 N–H and O–H groups in total. The number of ether oxygens (including phenoxy) is 1. The highest BCUT2D eigenvalue weighted by Gasteiger charge is 2.23. The van der Waals surface area contributed by atoms with Crippen molar-refractivity contribution in [2.24, 2.45) is 0 Å². The number of benzene rings is 1. The zero-order valence-electron chi connectivity index (χ0n) is 11.5. The van der Waals surface area contributed by atoms with E-state index >= 15 is 0 Å². The fourth-order valence-electron chi connectivity index (χ4n) is 2.59. The molecule has 0 saturated heterocycles. The molecule has 104 valence electrons. The molecule has 0 saturated carbocycles. The summed E-state index contributed by atoms with van der Waals surface area (Å²) in [4.78, 5) is 8.46. The summed E-state index contributed by atoms with van der Waals surface area (Å²) in [5.41, 5.74) is 2.66. The van der Waals surface area contributed by atoms with Crippen LogP contribution >= 0.6 is 0 Å². The van der Waals surface area contributed by atoms with Gasteiger partial charge in [0, 0.05) is 17.5 Å². The van der Waals surface area contributed by atoms with Gasteiger partial charge in [-0.1, -0.05) is 24.3 Å². The van der Waals surface area contributed by atoms with E-state index in [0.717, 1.165) is 33.7 Å². The van der Waals surface area contributed by atoms with Crippen LogP contribution in [0.25, 0.3) is 16.5 Å². The number of nitrogens with one attached hydrogen (secondary N) is 1. The SMILES string of the molecule is COc1ncnc2c1C(c1cc3ccccc3o1)=CCN2. The summed E-state index contributed by atoms with van der Waals surface area (Å²) in [5, 5.41) is 4.30. The van der Waals surface area contributed by atoms with Crippen molar-refractivity contribution in [1.29, 1.82) is 0 Å². The molecular weight excluding hydrogens is 266 g/mol. The van der Waals surface area contributed by atoms with Gasteiger partial charge in [-0.3, -0.25) is 0 Å². The quantitative estimate of drug-likeness (QED) is 0.781. The number of aromatic nitrogens is 2. The number of para-hydroxylation sites is 1. The van der Waals surface area contributed by atoms with E-state index in [4.69, 9.17) is 9.15 Å². The van der Waals surface area contributed by atoms with E-state index in [1.165, 1.54) is 6.33 Å². The van der Waals surface area contributed by atoms with Gasteiger partial charge in [-0.15, -0.1) is 0 Å². The van der Waals surface area contributed by atoms with E-state index < -0.39 is 0 Å². The number of anilines is 1. The largest absolute Gasteiger partial charge is 0.480 e. The Kier molecular flexibility index (Phi) is 2.64. The van der Waals surface area contributed by atoms with Crippen molar-refractivity contribution in [3.05, 3.63) is 54.1 Å². The average Bonchev–Trinajstić information content (AvgIpc) is 2.97. The first-order valence-electron chi connectivity index (χ1n) is 6.69. The average molecular weight is 279 g/mol. The third kappa shape index (κ3) is 1.86. The van der Waals surface area contributed by atoms with Crippen LogP contribution in [0.15, 0.2) is 47.2 Å². The molecule has 0 bridgehead atoms. The molecule has 5 nitrogen and oxygen atoms in total. The fourth-order valence-corrected chi connectivity index (χ4v) is 2.59. The number of rotatable bonds is 2. The fraction of sp³-hybridized carbons (Fsp3) is 0.125. The van der Waals surface area contributed by atoms with E-state index in [2.05, 4.69) is 21.4 Å². The topological polar surface area (TPSA) is 60.2 Å². The standard InChI is InChI=1S/C16H13N3O2/c1-20-16-14-11(6-7-17-15(14)18-9-19-16)13-8-10-4-2-3-5-12(10)21-13/h2-6,8-9H,7H2,1H3,(H,17,18,19). The molecule has 0 amide bonds. The maximum Gasteiger partial charge on any atom is 0.226 e. The predicted molar refractivity (Wildman–Crippen MR) is 80.4 cm³/mol. The number of furan rings is 1. The van der Waals surface area contributed by atoms with Crippen LogP contribution in [0.5, 0.6) is 5.88 Å². The van der Waals surface area contributed by atoms with Crippen LogP contribution < -0.4 is 10.1 Å². The monoisotopic (exact) mass is 279 g/mol. The molecule has 0 fully saturated rings. The Morgan fingerprint density at radius 1 is 1.24 bits per heavy atom. The molecule has 1 aliphatic heterocycles. The van der Waals surface area contributed by atoms with Crippen molar-refractivity contribution in [1.82, 2.24) is 9.97 Å². The lowest BCUT2D eigenvalue weighted by molar-refractivity contribution is 0.395. The van der Waals surface area contributed by atoms with Crippen LogP contribution in [0.4, 0.5) is 5.82 Å². The Morgan fingerprint density at radius 2 is 2.14 bits per heavy atom. The Labute approximate surface area is 121 Å². The van der Waals surface area contributed by atoms with Gasteiger partial charge >= 0.3 is 0 Å². The van der Waals surface area contributed by atoms with Gasteiger partial charge in [-0.2, -0.15) is 0 Å². The van der Waals surface area contributed by atoms with E-state index in [0.29, 0.717) is 12.4 Å². The van der Waals surface area contributed by atoms with Gasteiger partial charge in [0.25, 0.3) is 0 Å². The van der Waals surface area contributed by atoms with Crippen molar-refractivity contribution in [2.45, 2.75) is 0 Å². The Balaban J connectivity index is 1.92. The molecule has 2 aromatic heterocycles. The number of fused-ring (bicyclic) bond motifs is 2. The molecule has 1 aromatic carbocycles. The van der Waals surface area contributed by atoms with E-state index in [9.17, 15) is 0 Å². The maximum absolute atomic E-state index is 5.96. The van der Waals surface area contributed by atoms with Crippen molar-refractivity contribution in [3.63, 3.8) is 0 Å². The molecule has 3 heterocycles. The number of hydrogen-bond donors (Lipinski definition) is 1.